The maximum Gasteiger partial charge on any atom is 0.234 e. The maximum absolute atomic E-state index is 5.53. The first-order valence-corrected chi connectivity index (χ1v) is 9.65. The van der Waals surface area contributed by atoms with Crippen molar-refractivity contribution in [1.29, 1.82) is 0 Å². The molecule has 0 aliphatic carbocycles. The summed E-state index contributed by atoms with van der Waals surface area (Å²) in [6.45, 7) is 4.58. The lowest BCUT2D eigenvalue weighted by Crippen LogP contribution is -2.04. The number of nitrogens with one attached hydrogen (secondary N) is 1. The third-order valence-corrected chi connectivity index (χ3v) is 5.45. The molecule has 4 rings (SSSR count). The number of aryl methyl sites for hydroxylation is 2. The van der Waals surface area contributed by atoms with E-state index in [2.05, 4.69) is 33.6 Å². The summed E-state index contributed by atoms with van der Waals surface area (Å²) in [5, 5.41) is 17.1. The summed E-state index contributed by atoms with van der Waals surface area (Å²) in [5.41, 5.74) is 4.17. The van der Waals surface area contributed by atoms with Gasteiger partial charge in [0.1, 0.15) is 16.5 Å². The Kier molecular flexibility index (Phi) is 4.87. The summed E-state index contributed by atoms with van der Waals surface area (Å²) >= 11 is 1.51. The molecule has 0 saturated heterocycles. The minimum atomic E-state index is 0.620. The average molecular weight is 395 g/mol. The number of ether oxygens (including phenoxy) is 2. The van der Waals surface area contributed by atoms with Gasteiger partial charge in [-0.3, -0.25) is 0 Å². The quantitative estimate of drug-likeness (QED) is 0.530. The van der Waals surface area contributed by atoms with Gasteiger partial charge in [-0.05, 0) is 38.1 Å². The van der Waals surface area contributed by atoms with Crippen molar-refractivity contribution in [3.63, 3.8) is 0 Å². The lowest BCUT2D eigenvalue weighted by molar-refractivity contribution is 0.409. The van der Waals surface area contributed by atoms with Gasteiger partial charge in [0.2, 0.25) is 4.96 Å². The fraction of sp³-hybridized carbons (Fsp3) is 0.250. The Hall–Kier alpha value is -3.13. The molecule has 8 heteroatoms. The molecule has 28 heavy (non-hydrogen) atoms. The molecule has 0 bridgehead atoms. The predicted molar refractivity (Wildman–Crippen MR) is 110 cm³/mol. The largest absolute Gasteiger partial charge is 0.496 e. The summed E-state index contributed by atoms with van der Waals surface area (Å²) in [6, 6.07) is 12.1. The molecule has 0 aliphatic heterocycles. The van der Waals surface area contributed by atoms with Gasteiger partial charge in [0.15, 0.2) is 5.82 Å². The van der Waals surface area contributed by atoms with Crippen LogP contribution < -0.4 is 14.8 Å². The van der Waals surface area contributed by atoms with Crippen molar-refractivity contribution >= 4 is 22.0 Å². The van der Waals surface area contributed by atoms with E-state index < -0.39 is 0 Å². The van der Waals surface area contributed by atoms with Gasteiger partial charge in [0, 0.05) is 17.7 Å². The Balaban J connectivity index is 1.64. The highest BCUT2D eigenvalue weighted by atomic mass is 32.1. The van der Waals surface area contributed by atoms with Gasteiger partial charge >= 0.3 is 0 Å². The Morgan fingerprint density at radius 3 is 2.54 bits per heavy atom. The molecule has 2 aromatic carbocycles. The first-order valence-electron chi connectivity index (χ1n) is 8.83. The van der Waals surface area contributed by atoms with Gasteiger partial charge in [0.25, 0.3) is 0 Å². The second-order valence-corrected chi connectivity index (χ2v) is 7.39. The molecule has 0 aliphatic rings. The first kappa shape index (κ1) is 18.2. The second kappa shape index (κ2) is 7.47. The topological polar surface area (TPSA) is 73.6 Å². The molecule has 0 fully saturated rings. The van der Waals surface area contributed by atoms with E-state index in [4.69, 9.17) is 9.47 Å². The van der Waals surface area contributed by atoms with Crippen LogP contribution in [0.25, 0.3) is 15.5 Å². The summed E-state index contributed by atoms with van der Waals surface area (Å²) in [6.07, 6.45) is 0. The average Bonchev–Trinajstić information content (AvgIpc) is 3.28. The maximum atomic E-state index is 5.53. The van der Waals surface area contributed by atoms with Crippen LogP contribution in [0.4, 0.5) is 5.69 Å². The lowest BCUT2D eigenvalue weighted by atomic mass is 10.1. The fourth-order valence-electron chi connectivity index (χ4n) is 3.05. The van der Waals surface area contributed by atoms with Gasteiger partial charge < -0.3 is 14.8 Å². The van der Waals surface area contributed by atoms with Crippen LogP contribution in [0.1, 0.15) is 17.0 Å². The molecular formula is C20H21N5O2S. The van der Waals surface area contributed by atoms with Crippen molar-refractivity contribution in [2.45, 2.75) is 20.4 Å². The number of methoxy groups -OCH3 is 2. The zero-order valence-electron chi connectivity index (χ0n) is 16.2. The highest BCUT2D eigenvalue weighted by molar-refractivity contribution is 7.19. The minimum Gasteiger partial charge on any atom is -0.496 e. The molecule has 0 amide bonds. The third-order valence-electron chi connectivity index (χ3n) is 4.50. The van der Waals surface area contributed by atoms with Crippen molar-refractivity contribution in [2.75, 3.05) is 19.5 Å². The van der Waals surface area contributed by atoms with Crippen LogP contribution in [0.15, 0.2) is 36.4 Å². The Bertz CT molecular complexity index is 1140. The normalized spacial score (nSPS) is 11.0. The number of hydrogen-bond donors (Lipinski definition) is 1. The summed E-state index contributed by atoms with van der Waals surface area (Å²) in [4.78, 5) is 0.780. The number of benzene rings is 2. The third kappa shape index (κ3) is 3.38. The number of nitrogens with zero attached hydrogens (tertiary/aromatic N) is 4. The van der Waals surface area contributed by atoms with Crippen molar-refractivity contribution in [2.24, 2.45) is 0 Å². The van der Waals surface area contributed by atoms with Gasteiger partial charge in [-0.25, -0.2) is 0 Å². The Morgan fingerprint density at radius 2 is 1.79 bits per heavy atom. The fourth-order valence-corrected chi connectivity index (χ4v) is 3.93. The van der Waals surface area contributed by atoms with E-state index in [0.717, 1.165) is 44.1 Å². The number of hydrogen-bond acceptors (Lipinski definition) is 7. The van der Waals surface area contributed by atoms with E-state index >= 15 is 0 Å². The van der Waals surface area contributed by atoms with Crippen molar-refractivity contribution in [1.82, 2.24) is 19.8 Å². The first-order chi connectivity index (χ1) is 13.6. The van der Waals surface area contributed by atoms with E-state index in [9.17, 15) is 0 Å². The van der Waals surface area contributed by atoms with E-state index in [1.807, 2.05) is 37.3 Å². The van der Waals surface area contributed by atoms with Gasteiger partial charge in [-0.2, -0.15) is 9.61 Å². The molecule has 0 radical (unpaired) electrons. The summed E-state index contributed by atoms with van der Waals surface area (Å²) < 4.78 is 12.8. The number of aromatic nitrogens is 4. The van der Waals surface area contributed by atoms with Crippen molar-refractivity contribution in [3.05, 3.63) is 53.3 Å². The lowest BCUT2D eigenvalue weighted by Gasteiger charge is -2.14. The molecule has 0 spiro atoms. The predicted octanol–water partition coefficient (Wildman–Crippen LogP) is 4.10. The Morgan fingerprint density at radius 1 is 1.00 bits per heavy atom. The summed E-state index contributed by atoms with van der Waals surface area (Å²) in [7, 11) is 3.35. The number of anilines is 1. The van der Waals surface area contributed by atoms with Gasteiger partial charge in [0.05, 0.1) is 19.9 Å². The summed E-state index contributed by atoms with van der Waals surface area (Å²) in [5.74, 6) is 2.41. The zero-order chi connectivity index (χ0) is 19.7. The molecule has 0 saturated carbocycles. The van der Waals surface area contributed by atoms with Crippen LogP contribution in [0.3, 0.4) is 0 Å². The van der Waals surface area contributed by atoms with E-state index in [1.165, 1.54) is 16.9 Å². The minimum absolute atomic E-state index is 0.620. The molecule has 2 aromatic heterocycles. The molecule has 1 N–H and O–H groups in total. The molecule has 7 nitrogen and oxygen atoms in total. The van der Waals surface area contributed by atoms with Gasteiger partial charge in [-0.15, -0.1) is 10.2 Å². The number of rotatable bonds is 6. The molecule has 144 valence electrons. The number of fused-ring (bicyclic) bond motifs is 1. The van der Waals surface area contributed by atoms with Crippen LogP contribution in [0.2, 0.25) is 0 Å². The smallest absolute Gasteiger partial charge is 0.234 e. The van der Waals surface area contributed by atoms with Crippen LogP contribution >= 0.6 is 11.3 Å². The van der Waals surface area contributed by atoms with Crippen molar-refractivity contribution in [3.8, 4) is 22.1 Å². The van der Waals surface area contributed by atoms with E-state index in [-0.39, 0.29) is 0 Å². The highest BCUT2D eigenvalue weighted by Gasteiger charge is 2.13. The van der Waals surface area contributed by atoms with Crippen LogP contribution in [-0.4, -0.2) is 34.0 Å². The van der Waals surface area contributed by atoms with Crippen LogP contribution in [-0.2, 0) is 6.54 Å². The van der Waals surface area contributed by atoms with E-state index in [1.54, 1.807) is 18.7 Å². The van der Waals surface area contributed by atoms with Crippen molar-refractivity contribution < 1.29 is 9.47 Å². The van der Waals surface area contributed by atoms with Crippen LogP contribution in [0.5, 0.6) is 11.5 Å². The molecule has 0 atom stereocenters. The molecule has 0 unspecified atom stereocenters. The highest BCUT2D eigenvalue weighted by Crippen LogP contribution is 2.33. The second-order valence-electron chi connectivity index (χ2n) is 6.43. The SMILES string of the molecule is COc1ccc(C)cc1CNc1cc(-c2nn3c(C)nnc3s2)ccc1OC. The standard InChI is InChI=1S/C20H21N5O2S/c1-12-5-7-17(26-3)15(9-12)11-21-16-10-14(6-8-18(16)27-4)19-24-25-13(2)22-23-20(25)28-19/h5-10,21H,11H2,1-4H3. The molecule has 4 aromatic rings. The van der Waals surface area contributed by atoms with Gasteiger partial charge in [-0.1, -0.05) is 29.0 Å². The molecular weight excluding hydrogens is 374 g/mol. The monoisotopic (exact) mass is 395 g/mol. The van der Waals surface area contributed by atoms with E-state index in [0.29, 0.717) is 6.54 Å². The molecule has 2 heterocycles. The van der Waals surface area contributed by atoms with Crippen LogP contribution in [0, 0.1) is 13.8 Å². The Labute approximate surface area is 167 Å². The zero-order valence-corrected chi connectivity index (χ0v) is 17.0.